The number of hydrogen-bond donors (Lipinski definition) is 0. The Morgan fingerprint density at radius 3 is 3.20 bits per heavy atom. The average molecular weight is 263 g/mol. The average Bonchev–Trinajstić information content (AvgIpc) is 2.69. The normalized spacial score (nSPS) is 23.2. The Bertz CT molecular complexity index is 316. The minimum Gasteiger partial charge on any atom is -0.292 e. The van der Waals surface area contributed by atoms with Gasteiger partial charge in [0.15, 0.2) is 0 Å². The Kier molecular flexibility index (Phi) is 4.31. The van der Waals surface area contributed by atoms with Gasteiger partial charge in [0.1, 0.15) is 5.01 Å². The van der Waals surface area contributed by atoms with Gasteiger partial charge in [0.2, 0.25) is 0 Å². The van der Waals surface area contributed by atoms with Gasteiger partial charge in [0.25, 0.3) is 0 Å². The molecule has 0 aromatic carbocycles. The highest BCUT2D eigenvalue weighted by Crippen LogP contribution is 2.20. The first kappa shape index (κ1) is 11.7. The molecule has 15 heavy (non-hydrogen) atoms. The van der Waals surface area contributed by atoms with Gasteiger partial charge in [-0.1, -0.05) is 0 Å². The zero-order valence-electron chi connectivity index (χ0n) is 8.78. The van der Waals surface area contributed by atoms with Crippen molar-refractivity contribution in [3.05, 3.63) is 16.1 Å². The topological polar surface area (TPSA) is 16.1 Å². The molecule has 1 unspecified atom stereocenters. The van der Waals surface area contributed by atoms with Crippen LogP contribution in [0, 0.1) is 0 Å². The molecule has 0 spiro atoms. The minimum absolute atomic E-state index is 0.530. The number of thioether (sulfide) groups is 1. The Morgan fingerprint density at radius 2 is 2.53 bits per heavy atom. The van der Waals surface area contributed by atoms with Crippen LogP contribution in [0.3, 0.4) is 0 Å². The highest BCUT2D eigenvalue weighted by Gasteiger charge is 2.19. The van der Waals surface area contributed by atoms with E-state index in [0.29, 0.717) is 11.9 Å². The van der Waals surface area contributed by atoms with E-state index in [2.05, 4.69) is 22.2 Å². The molecule has 0 aliphatic carbocycles. The first-order valence-corrected chi connectivity index (χ1v) is 7.67. The van der Waals surface area contributed by atoms with Crippen LogP contribution in [0.25, 0.3) is 0 Å². The molecule has 2 rings (SSSR count). The summed E-state index contributed by atoms with van der Waals surface area (Å²) in [5.41, 5.74) is 1.01. The summed E-state index contributed by atoms with van der Waals surface area (Å²) in [5.74, 6) is 3.02. The van der Waals surface area contributed by atoms with Crippen molar-refractivity contribution >= 4 is 34.7 Å². The van der Waals surface area contributed by atoms with Crippen LogP contribution in [-0.2, 0) is 12.4 Å². The fraction of sp³-hybridized carbons (Fsp3) is 0.700. The van der Waals surface area contributed by atoms with Crippen LogP contribution in [0.1, 0.15) is 17.6 Å². The number of hydrogen-bond acceptors (Lipinski definition) is 4. The van der Waals surface area contributed by atoms with Gasteiger partial charge < -0.3 is 0 Å². The van der Waals surface area contributed by atoms with Crippen molar-refractivity contribution in [2.45, 2.75) is 25.4 Å². The fourth-order valence-corrected chi connectivity index (χ4v) is 3.78. The second kappa shape index (κ2) is 5.53. The van der Waals surface area contributed by atoms with Gasteiger partial charge in [-0.3, -0.25) is 4.90 Å². The molecule has 0 bridgehead atoms. The van der Waals surface area contributed by atoms with Crippen molar-refractivity contribution in [1.29, 1.82) is 0 Å². The van der Waals surface area contributed by atoms with Gasteiger partial charge >= 0.3 is 0 Å². The molecule has 0 saturated carbocycles. The van der Waals surface area contributed by atoms with Gasteiger partial charge in [0, 0.05) is 29.5 Å². The summed E-state index contributed by atoms with van der Waals surface area (Å²) in [6, 6.07) is 0.673. The van der Waals surface area contributed by atoms with Gasteiger partial charge in [-0.15, -0.1) is 22.9 Å². The molecule has 2 heterocycles. The van der Waals surface area contributed by atoms with Crippen molar-refractivity contribution in [2.75, 3.05) is 18.1 Å². The lowest BCUT2D eigenvalue weighted by molar-refractivity contribution is 0.223. The Labute approximate surface area is 104 Å². The molecule has 1 aromatic heterocycles. The number of aromatic nitrogens is 1. The van der Waals surface area contributed by atoms with Crippen molar-refractivity contribution < 1.29 is 0 Å². The predicted octanol–water partition coefficient (Wildman–Crippen LogP) is 2.82. The van der Waals surface area contributed by atoms with Crippen molar-refractivity contribution in [1.82, 2.24) is 9.88 Å². The molecule has 1 aromatic rings. The Morgan fingerprint density at radius 1 is 1.67 bits per heavy atom. The summed E-state index contributed by atoms with van der Waals surface area (Å²) in [5, 5.41) is 3.26. The second-order valence-corrected chi connectivity index (χ2v) is 6.12. The molecular formula is C10H15ClN2S2. The van der Waals surface area contributed by atoms with Crippen molar-refractivity contribution in [3.8, 4) is 0 Å². The van der Waals surface area contributed by atoms with Crippen LogP contribution in [0.2, 0.25) is 0 Å². The molecule has 0 amide bonds. The van der Waals surface area contributed by atoms with E-state index in [1.165, 1.54) is 23.1 Å². The van der Waals surface area contributed by atoms with Gasteiger partial charge in [-0.2, -0.15) is 11.8 Å². The quantitative estimate of drug-likeness (QED) is 0.780. The minimum atomic E-state index is 0.530. The molecule has 5 heteroatoms. The third-order valence-electron chi connectivity index (χ3n) is 2.58. The second-order valence-electron chi connectivity index (χ2n) is 3.76. The highest BCUT2D eigenvalue weighted by atomic mass is 35.5. The SMILES string of the molecule is CC1CSCCN1Cc1nc(CCl)cs1. The van der Waals surface area contributed by atoms with Crippen LogP contribution >= 0.6 is 34.7 Å². The maximum absolute atomic E-state index is 5.74. The monoisotopic (exact) mass is 262 g/mol. The number of thiazole rings is 1. The molecule has 1 saturated heterocycles. The van der Waals surface area contributed by atoms with Gasteiger partial charge in [-0.25, -0.2) is 4.98 Å². The Hall–Kier alpha value is 0.230. The zero-order valence-corrected chi connectivity index (χ0v) is 11.2. The van der Waals surface area contributed by atoms with Crippen LogP contribution in [0.5, 0.6) is 0 Å². The van der Waals surface area contributed by atoms with Crippen LogP contribution < -0.4 is 0 Å². The van der Waals surface area contributed by atoms with Crippen molar-refractivity contribution in [2.24, 2.45) is 0 Å². The van der Waals surface area contributed by atoms with Gasteiger partial charge in [-0.05, 0) is 6.92 Å². The fourth-order valence-electron chi connectivity index (χ4n) is 1.65. The lowest BCUT2D eigenvalue weighted by atomic mass is 10.3. The van der Waals surface area contributed by atoms with E-state index in [-0.39, 0.29) is 0 Å². The molecule has 84 valence electrons. The van der Waals surface area contributed by atoms with Gasteiger partial charge in [0.05, 0.1) is 18.1 Å². The summed E-state index contributed by atoms with van der Waals surface area (Å²) >= 11 is 9.51. The molecule has 0 radical (unpaired) electrons. The largest absolute Gasteiger partial charge is 0.292 e. The van der Waals surface area contributed by atoms with E-state index < -0.39 is 0 Å². The summed E-state index contributed by atoms with van der Waals surface area (Å²) < 4.78 is 0. The molecule has 1 atom stereocenters. The van der Waals surface area contributed by atoms with E-state index in [9.17, 15) is 0 Å². The number of alkyl halides is 1. The van der Waals surface area contributed by atoms with Crippen LogP contribution in [0.4, 0.5) is 0 Å². The maximum Gasteiger partial charge on any atom is 0.107 e. The molecule has 1 aliphatic rings. The zero-order chi connectivity index (χ0) is 10.7. The number of rotatable bonds is 3. The standard InChI is InChI=1S/C10H15ClN2S2/c1-8-6-14-3-2-13(8)5-10-12-9(4-11)7-15-10/h7-8H,2-6H2,1H3. The summed E-state index contributed by atoms with van der Waals surface area (Å²) in [6.07, 6.45) is 0. The first-order valence-electron chi connectivity index (χ1n) is 5.10. The third-order valence-corrected chi connectivity index (χ3v) is 4.93. The van der Waals surface area contributed by atoms with Crippen LogP contribution in [0.15, 0.2) is 5.38 Å². The highest BCUT2D eigenvalue weighted by molar-refractivity contribution is 7.99. The molecule has 1 aliphatic heterocycles. The molecular weight excluding hydrogens is 248 g/mol. The smallest absolute Gasteiger partial charge is 0.107 e. The van der Waals surface area contributed by atoms with E-state index in [1.54, 1.807) is 11.3 Å². The molecule has 1 fully saturated rings. The maximum atomic E-state index is 5.74. The van der Waals surface area contributed by atoms with Crippen molar-refractivity contribution in [3.63, 3.8) is 0 Å². The number of halogens is 1. The molecule has 0 N–H and O–H groups in total. The lowest BCUT2D eigenvalue weighted by Crippen LogP contribution is -2.39. The summed E-state index contributed by atoms with van der Waals surface area (Å²) in [4.78, 5) is 7.00. The first-order chi connectivity index (χ1) is 7.29. The van der Waals surface area contributed by atoms with E-state index >= 15 is 0 Å². The summed E-state index contributed by atoms with van der Waals surface area (Å²) in [6.45, 7) is 4.47. The lowest BCUT2D eigenvalue weighted by Gasteiger charge is -2.32. The Balaban J connectivity index is 1.95. The predicted molar refractivity (Wildman–Crippen MR) is 68.9 cm³/mol. The third kappa shape index (κ3) is 3.09. The number of nitrogens with zero attached hydrogens (tertiary/aromatic N) is 2. The van der Waals surface area contributed by atoms with E-state index in [4.69, 9.17) is 11.6 Å². The van der Waals surface area contributed by atoms with E-state index in [1.807, 2.05) is 11.8 Å². The summed E-state index contributed by atoms with van der Waals surface area (Å²) in [7, 11) is 0. The van der Waals surface area contributed by atoms with E-state index in [0.717, 1.165) is 12.2 Å². The molecule has 2 nitrogen and oxygen atoms in total. The van der Waals surface area contributed by atoms with Crippen LogP contribution in [-0.4, -0.2) is 34.0 Å².